The Morgan fingerprint density at radius 2 is 1.59 bits per heavy atom. The average Bonchev–Trinajstić information content (AvgIpc) is 2.39. The summed E-state index contributed by atoms with van der Waals surface area (Å²) in [5.41, 5.74) is 2.96. The quantitative estimate of drug-likeness (QED) is 0.877. The molecule has 0 fully saturated rings. The summed E-state index contributed by atoms with van der Waals surface area (Å²) in [6.45, 7) is 1.68. The molecule has 86 valence electrons. The predicted molar refractivity (Wildman–Crippen MR) is 65.7 cm³/mol. The van der Waals surface area contributed by atoms with Gasteiger partial charge in [0.05, 0.1) is 5.92 Å². The van der Waals surface area contributed by atoms with Crippen LogP contribution >= 0.6 is 0 Å². The van der Waals surface area contributed by atoms with Crippen LogP contribution in [0.15, 0.2) is 48.8 Å². The summed E-state index contributed by atoms with van der Waals surface area (Å²) in [4.78, 5) is 14.8. The van der Waals surface area contributed by atoms with Crippen LogP contribution in [0, 0.1) is 0 Å². The highest BCUT2D eigenvalue weighted by Gasteiger charge is 2.12. The molecule has 1 atom stereocenters. The molecule has 3 heteroatoms. The Labute approximate surface area is 99.8 Å². The Kier molecular flexibility index (Phi) is 3.19. The standard InChI is InChI=1S/C14H13NO2/c1-10(14(16)17)11-2-4-12(5-3-11)13-6-8-15-9-7-13/h2-10H,1H3,(H,16,17). The van der Waals surface area contributed by atoms with E-state index in [1.807, 2.05) is 36.4 Å². The lowest BCUT2D eigenvalue weighted by Crippen LogP contribution is -2.06. The zero-order valence-corrected chi connectivity index (χ0v) is 9.50. The Hall–Kier alpha value is -2.16. The molecule has 1 unspecified atom stereocenters. The highest BCUT2D eigenvalue weighted by Crippen LogP contribution is 2.22. The first kappa shape index (κ1) is 11.3. The SMILES string of the molecule is CC(C(=O)O)c1ccc(-c2ccncc2)cc1. The Morgan fingerprint density at radius 1 is 1.06 bits per heavy atom. The number of benzene rings is 1. The van der Waals surface area contributed by atoms with E-state index in [2.05, 4.69) is 4.98 Å². The summed E-state index contributed by atoms with van der Waals surface area (Å²) in [7, 11) is 0. The van der Waals surface area contributed by atoms with Crippen LogP contribution in [-0.2, 0) is 4.79 Å². The Morgan fingerprint density at radius 3 is 2.12 bits per heavy atom. The van der Waals surface area contributed by atoms with E-state index in [1.165, 1.54) is 0 Å². The summed E-state index contributed by atoms with van der Waals surface area (Å²) in [6.07, 6.45) is 3.48. The summed E-state index contributed by atoms with van der Waals surface area (Å²) in [5.74, 6) is -1.27. The summed E-state index contributed by atoms with van der Waals surface area (Å²) >= 11 is 0. The molecule has 0 saturated heterocycles. The first-order valence-corrected chi connectivity index (χ1v) is 5.41. The van der Waals surface area contributed by atoms with Crippen LogP contribution < -0.4 is 0 Å². The van der Waals surface area contributed by atoms with Crippen molar-refractivity contribution in [2.45, 2.75) is 12.8 Å². The van der Waals surface area contributed by atoms with E-state index in [4.69, 9.17) is 5.11 Å². The molecule has 0 saturated carbocycles. The topological polar surface area (TPSA) is 50.2 Å². The third-order valence-corrected chi connectivity index (χ3v) is 2.79. The second-order valence-electron chi connectivity index (χ2n) is 3.92. The van der Waals surface area contributed by atoms with Crippen molar-refractivity contribution >= 4 is 5.97 Å². The lowest BCUT2D eigenvalue weighted by atomic mass is 9.98. The number of hydrogen-bond donors (Lipinski definition) is 1. The molecule has 0 amide bonds. The van der Waals surface area contributed by atoms with Gasteiger partial charge in [0.15, 0.2) is 0 Å². The van der Waals surface area contributed by atoms with Gasteiger partial charge in [-0.3, -0.25) is 9.78 Å². The normalized spacial score (nSPS) is 12.1. The van der Waals surface area contributed by atoms with Crippen molar-refractivity contribution < 1.29 is 9.90 Å². The molecule has 17 heavy (non-hydrogen) atoms. The second-order valence-corrected chi connectivity index (χ2v) is 3.92. The number of aliphatic carboxylic acids is 1. The molecule has 3 nitrogen and oxygen atoms in total. The van der Waals surface area contributed by atoms with Crippen molar-refractivity contribution in [1.29, 1.82) is 0 Å². The molecule has 1 heterocycles. The van der Waals surface area contributed by atoms with Gasteiger partial charge in [0.1, 0.15) is 0 Å². The van der Waals surface area contributed by atoms with Crippen molar-refractivity contribution in [3.8, 4) is 11.1 Å². The number of hydrogen-bond acceptors (Lipinski definition) is 2. The minimum atomic E-state index is -0.804. The number of carboxylic acid groups (broad SMARTS) is 1. The number of nitrogens with zero attached hydrogens (tertiary/aromatic N) is 1. The summed E-state index contributed by atoms with van der Waals surface area (Å²) in [6, 6.07) is 11.4. The molecule has 0 radical (unpaired) electrons. The fourth-order valence-corrected chi connectivity index (χ4v) is 1.65. The summed E-state index contributed by atoms with van der Waals surface area (Å²) < 4.78 is 0. The number of carbonyl (C=O) groups is 1. The van der Waals surface area contributed by atoms with Gasteiger partial charge in [0.25, 0.3) is 0 Å². The van der Waals surface area contributed by atoms with Crippen LogP contribution in [0.2, 0.25) is 0 Å². The van der Waals surface area contributed by atoms with Gasteiger partial charge >= 0.3 is 5.97 Å². The van der Waals surface area contributed by atoms with Crippen LogP contribution in [0.3, 0.4) is 0 Å². The first-order valence-electron chi connectivity index (χ1n) is 5.41. The molecule has 0 aliphatic carbocycles. The highest BCUT2D eigenvalue weighted by atomic mass is 16.4. The molecule has 0 bridgehead atoms. The fraction of sp³-hybridized carbons (Fsp3) is 0.143. The molecule has 1 aromatic heterocycles. The number of rotatable bonds is 3. The van der Waals surface area contributed by atoms with Crippen molar-refractivity contribution in [2.24, 2.45) is 0 Å². The van der Waals surface area contributed by atoms with E-state index >= 15 is 0 Å². The van der Waals surface area contributed by atoms with Gasteiger partial charge in [-0.1, -0.05) is 24.3 Å². The van der Waals surface area contributed by atoms with Crippen molar-refractivity contribution in [2.75, 3.05) is 0 Å². The van der Waals surface area contributed by atoms with Crippen molar-refractivity contribution in [3.63, 3.8) is 0 Å². The smallest absolute Gasteiger partial charge is 0.310 e. The molecular weight excluding hydrogens is 214 g/mol. The molecule has 2 rings (SSSR count). The van der Waals surface area contributed by atoms with Crippen molar-refractivity contribution in [1.82, 2.24) is 4.98 Å². The maximum absolute atomic E-state index is 10.8. The third-order valence-electron chi connectivity index (χ3n) is 2.79. The van der Waals surface area contributed by atoms with E-state index in [-0.39, 0.29) is 0 Å². The Balaban J connectivity index is 2.28. The molecule has 0 spiro atoms. The fourth-order valence-electron chi connectivity index (χ4n) is 1.65. The Bertz CT molecular complexity index is 506. The minimum Gasteiger partial charge on any atom is -0.481 e. The average molecular weight is 227 g/mol. The molecule has 0 aliphatic rings. The zero-order chi connectivity index (χ0) is 12.3. The third kappa shape index (κ3) is 2.50. The first-order chi connectivity index (χ1) is 8.18. The molecule has 0 aliphatic heterocycles. The monoisotopic (exact) mass is 227 g/mol. The maximum Gasteiger partial charge on any atom is 0.310 e. The molecule has 1 N–H and O–H groups in total. The van der Waals surface area contributed by atoms with Gasteiger partial charge in [-0.2, -0.15) is 0 Å². The van der Waals surface area contributed by atoms with E-state index in [1.54, 1.807) is 19.3 Å². The van der Waals surface area contributed by atoms with Crippen LogP contribution in [0.25, 0.3) is 11.1 Å². The van der Waals surface area contributed by atoms with Crippen LogP contribution in [0.1, 0.15) is 18.4 Å². The van der Waals surface area contributed by atoms with Gasteiger partial charge in [-0.25, -0.2) is 0 Å². The summed E-state index contributed by atoms with van der Waals surface area (Å²) in [5, 5.41) is 8.91. The lowest BCUT2D eigenvalue weighted by molar-refractivity contribution is -0.138. The predicted octanol–water partition coefficient (Wildman–Crippen LogP) is 2.94. The van der Waals surface area contributed by atoms with Crippen molar-refractivity contribution in [3.05, 3.63) is 54.4 Å². The lowest BCUT2D eigenvalue weighted by Gasteiger charge is -2.07. The van der Waals surface area contributed by atoms with Gasteiger partial charge in [-0.15, -0.1) is 0 Å². The minimum absolute atomic E-state index is 0.471. The van der Waals surface area contributed by atoms with Crippen LogP contribution in [0.5, 0.6) is 0 Å². The molecular formula is C14H13NO2. The van der Waals surface area contributed by atoms with E-state index in [0.29, 0.717) is 0 Å². The van der Waals surface area contributed by atoms with Crippen LogP contribution in [0.4, 0.5) is 0 Å². The second kappa shape index (κ2) is 4.78. The van der Waals surface area contributed by atoms with Gasteiger partial charge in [0.2, 0.25) is 0 Å². The van der Waals surface area contributed by atoms with Crippen LogP contribution in [-0.4, -0.2) is 16.1 Å². The number of carboxylic acids is 1. The number of aromatic nitrogens is 1. The van der Waals surface area contributed by atoms with E-state index in [9.17, 15) is 4.79 Å². The largest absolute Gasteiger partial charge is 0.481 e. The highest BCUT2D eigenvalue weighted by molar-refractivity contribution is 5.76. The zero-order valence-electron chi connectivity index (χ0n) is 9.50. The van der Waals surface area contributed by atoms with E-state index in [0.717, 1.165) is 16.7 Å². The van der Waals surface area contributed by atoms with Gasteiger partial charge < -0.3 is 5.11 Å². The maximum atomic E-state index is 10.8. The number of pyridine rings is 1. The molecule has 2 aromatic rings. The molecule has 1 aromatic carbocycles. The van der Waals surface area contributed by atoms with Gasteiger partial charge in [0, 0.05) is 12.4 Å². The van der Waals surface area contributed by atoms with E-state index < -0.39 is 11.9 Å². The van der Waals surface area contributed by atoms with Gasteiger partial charge in [-0.05, 0) is 35.7 Å².